The smallest absolute Gasteiger partial charge is 0.00849 e. The second-order valence-corrected chi connectivity index (χ2v) is 12.8. The number of allylic oxidation sites excluding steroid dienone is 2. The van der Waals surface area contributed by atoms with Gasteiger partial charge in [0.25, 0.3) is 0 Å². The van der Waals surface area contributed by atoms with E-state index in [-0.39, 0.29) is 0 Å². The Labute approximate surface area is 175 Å². The van der Waals surface area contributed by atoms with Gasteiger partial charge >= 0.3 is 0 Å². The summed E-state index contributed by atoms with van der Waals surface area (Å²) in [5.74, 6) is 7.12. The first-order valence-corrected chi connectivity index (χ1v) is 13.1. The molecule has 0 saturated heterocycles. The van der Waals surface area contributed by atoms with Gasteiger partial charge in [-0.1, -0.05) is 58.6 Å². The fourth-order valence-corrected chi connectivity index (χ4v) is 8.86. The zero-order chi connectivity index (χ0) is 19.5. The van der Waals surface area contributed by atoms with E-state index < -0.39 is 0 Å². The quantitative estimate of drug-likeness (QED) is 0.418. The first-order valence-electron chi connectivity index (χ1n) is 13.1. The predicted octanol–water partition coefficient (Wildman–Crippen LogP) is 8.42. The van der Waals surface area contributed by atoms with Crippen molar-refractivity contribution in [1.82, 2.24) is 0 Å². The molecular weight excluding hydrogens is 336 g/mol. The number of fused-ring (bicyclic) bond motifs is 5. The lowest BCUT2D eigenvalue weighted by Gasteiger charge is -2.56. The van der Waals surface area contributed by atoms with Gasteiger partial charge in [0.15, 0.2) is 0 Å². The summed E-state index contributed by atoms with van der Waals surface area (Å²) in [5, 5.41) is 0. The highest BCUT2D eigenvalue weighted by molar-refractivity contribution is 5.27. The molecule has 6 unspecified atom stereocenters. The van der Waals surface area contributed by atoms with Crippen molar-refractivity contribution in [2.45, 2.75) is 111 Å². The number of hydrogen-bond acceptors (Lipinski definition) is 0. The van der Waals surface area contributed by atoms with Crippen LogP contribution in [-0.4, -0.2) is 0 Å². The normalized spacial score (nSPS) is 44.6. The maximum atomic E-state index is 2.79. The van der Waals surface area contributed by atoms with Crippen LogP contribution in [0.4, 0.5) is 0 Å². The Bertz CT molecular complexity index is 608. The van der Waals surface area contributed by atoms with E-state index >= 15 is 0 Å². The third-order valence-corrected chi connectivity index (χ3v) is 10.9. The van der Waals surface area contributed by atoms with E-state index in [2.05, 4.69) is 33.8 Å². The average Bonchev–Trinajstić information content (AvgIpc) is 3.27. The lowest BCUT2D eigenvalue weighted by Crippen LogP contribution is -2.47. The van der Waals surface area contributed by atoms with Crippen LogP contribution in [0.5, 0.6) is 0 Å². The van der Waals surface area contributed by atoms with Gasteiger partial charge in [-0.25, -0.2) is 0 Å². The zero-order valence-corrected chi connectivity index (χ0v) is 19.3. The lowest BCUT2D eigenvalue weighted by atomic mass is 9.49. The minimum Gasteiger partial charge on any atom is -0.0845 e. The van der Waals surface area contributed by atoms with Crippen LogP contribution in [0.1, 0.15) is 111 Å². The Morgan fingerprint density at radius 2 is 1.64 bits per heavy atom. The van der Waals surface area contributed by atoms with Gasteiger partial charge in [0.2, 0.25) is 0 Å². The third kappa shape index (κ3) is 3.24. The highest BCUT2D eigenvalue weighted by atomic mass is 14.6. The Balaban J connectivity index is 1.27. The summed E-state index contributed by atoms with van der Waals surface area (Å²) in [6.07, 6.45) is 22.5. The van der Waals surface area contributed by atoms with Gasteiger partial charge < -0.3 is 0 Å². The molecule has 0 heteroatoms. The average molecular weight is 383 g/mol. The molecule has 0 aromatic heterocycles. The molecule has 7 atom stereocenters. The van der Waals surface area contributed by atoms with Crippen LogP contribution in [0.2, 0.25) is 0 Å². The van der Waals surface area contributed by atoms with Crippen molar-refractivity contribution in [3.8, 4) is 0 Å². The molecule has 0 N–H and O–H groups in total. The molecule has 28 heavy (non-hydrogen) atoms. The summed E-state index contributed by atoms with van der Waals surface area (Å²) in [6.45, 7) is 10.1. The van der Waals surface area contributed by atoms with Crippen molar-refractivity contribution >= 4 is 0 Å². The second-order valence-electron chi connectivity index (χ2n) is 12.8. The van der Waals surface area contributed by atoms with Crippen molar-refractivity contribution in [1.29, 1.82) is 0 Å². The van der Waals surface area contributed by atoms with E-state index in [0.29, 0.717) is 5.41 Å². The van der Waals surface area contributed by atoms with E-state index in [1.54, 1.807) is 32.1 Å². The number of hydrogen-bond donors (Lipinski definition) is 0. The minimum absolute atomic E-state index is 0.586. The van der Waals surface area contributed by atoms with Crippen LogP contribution >= 0.6 is 0 Å². The van der Waals surface area contributed by atoms with Crippen molar-refractivity contribution in [2.75, 3.05) is 0 Å². The van der Waals surface area contributed by atoms with Crippen molar-refractivity contribution in [3.05, 3.63) is 11.6 Å². The Kier molecular flexibility index (Phi) is 5.04. The standard InChI is InChI=1S/C28H46/c1-19(2)6-5-7-20(3)22-10-11-24-23(22)12-13-26-25(24)9-8-21-18-28(16-17-28)15-14-27(21,26)4/h8,19-20,22-26H,5-7,9-18H2,1-4H3/t20?,22?,23?,24?,25?,26?,27-/m0/s1. The van der Waals surface area contributed by atoms with E-state index in [1.807, 2.05) is 5.57 Å². The molecule has 5 aliphatic rings. The molecule has 4 fully saturated rings. The van der Waals surface area contributed by atoms with Crippen LogP contribution in [0.15, 0.2) is 11.6 Å². The van der Waals surface area contributed by atoms with Crippen LogP contribution in [0.25, 0.3) is 0 Å². The van der Waals surface area contributed by atoms with Gasteiger partial charge in [0.05, 0.1) is 0 Å². The van der Waals surface area contributed by atoms with E-state index in [1.165, 1.54) is 51.4 Å². The first-order chi connectivity index (χ1) is 13.4. The van der Waals surface area contributed by atoms with Gasteiger partial charge in [0, 0.05) is 0 Å². The fraction of sp³-hybridized carbons (Fsp3) is 0.929. The molecular formula is C28H46. The summed E-state index contributed by atoms with van der Waals surface area (Å²) >= 11 is 0. The Hall–Kier alpha value is -0.260. The van der Waals surface area contributed by atoms with Crippen molar-refractivity contribution < 1.29 is 0 Å². The first kappa shape index (κ1) is 19.7. The Morgan fingerprint density at radius 3 is 2.39 bits per heavy atom. The molecule has 0 amide bonds. The van der Waals surface area contributed by atoms with Crippen molar-refractivity contribution in [2.24, 2.45) is 52.3 Å². The van der Waals surface area contributed by atoms with Crippen LogP contribution in [0, 0.1) is 52.3 Å². The minimum atomic E-state index is 0.586. The molecule has 5 aliphatic carbocycles. The van der Waals surface area contributed by atoms with Gasteiger partial charge in [-0.15, -0.1) is 0 Å². The summed E-state index contributed by atoms with van der Waals surface area (Å²) in [7, 11) is 0. The predicted molar refractivity (Wildman–Crippen MR) is 120 cm³/mol. The summed E-state index contributed by atoms with van der Waals surface area (Å²) in [5.41, 5.74) is 3.30. The number of rotatable bonds is 5. The van der Waals surface area contributed by atoms with E-state index in [9.17, 15) is 0 Å². The van der Waals surface area contributed by atoms with Gasteiger partial charge in [0.1, 0.15) is 0 Å². The highest BCUT2D eigenvalue weighted by Gasteiger charge is 2.58. The fourth-order valence-electron chi connectivity index (χ4n) is 8.86. The van der Waals surface area contributed by atoms with Crippen LogP contribution < -0.4 is 0 Å². The summed E-state index contributed by atoms with van der Waals surface area (Å²) in [4.78, 5) is 0. The molecule has 0 heterocycles. The monoisotopic (exact) mass is 382 g/mol. The van der Waals surface area contributed by atoms with Crippen LogP contribution in [0.3, 0.4) is 0 Å². The van der Waals surface area contributed by atoms with Gasteiger partial charge in [-0.2, -0.15) is 0 Å². The molecule has 5 rings (SSSR count). The SMILES string of the molecule is CC(C)CCCC(C)C1CCC2C1CCC1C2CC=C2CC3(CC3)CC[C@@]21C. The summed E-state index contributed by atoms with van der Waals surface area (Å²) in [6, 6.07) is 0. The maximum Gasteiger partial charge on any atom is -0.00849 e. The topological polar surface area (TPSA) is 0 Å². The van der Waals surface area contributed by atoms with E-state index in [4.69, 9.17) is 0 Å². The Morgan fingerprint density at radius 1 is 0.893 bits per heavy atom. The third-order valence-electron chi connectivity index (χ3n) is 10.9. The molecule has 0 aromatic rings. The molecule has 0 aromatic carbocycles. The molecule has 1 spiro atoms. The molecule has 0 radical (unpaired) electrons. The van der Waals surface area contributed by atoms with E-state index in [0.717, 1.165) is 46.8 Å². The zero-order valence-electron chi connectivity index (χ0n) is 19.3. The molecule has 4 saturated carbocycles. The largest absolute Gasteiger partial charge is 0.0845 e. The van der Waals surface area contributed by atoms with Gasteiger partial charge in [-0.05, 0) is 116 Å². The molecule has 0 nitrogen and oxygen atoms in total. The molecule has 0 bridgehead atoms. The molecule has 158 valence electrons. The maximum absolute atomic E-state index is 2.79. The van der Waals surface area contributed by atoms with Crippen LogP contribution in [-0.2, 0) is 0 Å². The molecule has 0 aliphatic heterocycles. The lowest BCUT2D eigenvalue weighted by molar-refractivity contribution is -0.00642. The summed E-state index contributed by atoms with van der Waals surface area (Å²) < 4.78 is 0. The highest BCUT2D eigenvalue weighted by Crippen LogP contribution is 2.68. The second kappa shape index (κ2) is 7.16. The van der Waals surface area contributed by atoms with Gasteiger partial charge in [-0.3, -0.25) is 0 Å². The van der Waals surface area contributed by atoms with Crippen molar-refractivity contribution in [3.63, 3.8) is 0 Å².